The molecule has 1 aromatic heterocycles. The molecule has 0 unspecified atom stereocenters. The molecule has 1 amide bonds. The number of benzene rings is 2. The molecule has 1 heterocycles. The Balaban J connectivity index is 2.16. The zero-order valence-electron chi connectivity index (χ0n) is 11.3. The quantitative estimate of drug-likeness (QED) is 0.777. The molecule has 0 radical (unpaired) electrons. The Hall–Kier alpha value is -2.55. The molecule has 0 fully saturated rings. The van der Waals surface area contributed by atoms with Crippen molar-refractivity contribution in [2.45, 2.75) is 6.42 Å². The molecule has 0 aliphatic rings. The minimum atomic E-state index is -0.303. The van der Waals surface area contributed by atoms with E-state index in [1.807, 2.05) is 36.0 Å². The van der Waals surface area contributed by atoms with E-state index in [0.29, 0.717) is 0 Å². The smallest absolute Gasteiger partial charge is 0.221 e. The van der Waals surface area contributed by atoms with Crippen molar-refractivity contribution in [3.8, 4) is 11.1 Å². The van der Waals surface area contributed by atoms with Crippen molar-refractivity contribution >= 4 is 16.8 Å². The molecule has 0 spiro atoms. The molecule has 0 saturated carbocycles. The first-order chi connectivity index (χ1) is 9.65. The van der Waals surface area contributed by atoms with Crippen molar-refractivity contribution in [2.24, 2.45) is 12.8 Å². The first-order valence-electron chi connectivity index (χ1n) is 6.57. The number of amides is 1. The number of nitrogens with zero attached hydrogens (tertiary/aromatic N) is 1. The lowest BCUT2D eigenvalue weighted by molar-refractivity contribution is -0.117. The normalized spacial score (nSPS) is 10.8. The van der Waals surface area contributed by atoms with Crippen LogP contribution in [0.25, 0.3) is 22.0 Å². The Morgan fingerprint density at radius 1 is 1.10 bits per heavy atom. The minimum absolute atomic E-state index is 0.273. The maximum absolute atomic E-state index is 11.2. The number of rotatable bonds is 3. The first kappa shape index (κ1) is 12.5. The summed E-state index contributed by atoms with van der Waals surface area (Å²) in [5.41, 5.74) is 9.74. The largest absolute Gasteiger partial charge is 0.369 e. The fourth-order valence-electron chi connectivity index (χ4n) is 2.61. The van der Waals surface area contributed by atoms with Gasteiger partial charge in [-0.2, -0.15) is 0 Å². The molecular formula is C17H16N2O. The summed E-state index contributed by atoms with van der Waals surface area (Å²) in [4.78, 5) is 11.2. The summed E-state index contributed by atoms with van der Waals surface area (Å²) in [5, 5.41) is 1.09. The molecule has 0 saturated heterocycles. The molecule has 100 valence electrons. The third-order valence-corrected chi connectivity index (χ3v) is 3.54. The Labute approximate surface area is 117 Å². The van der Waals surface area contributed by atoms with Gasteiger partial charge in [-0.3, -0.25) is 4.79 Å². The lowest BCUT2D eigenvalue weighted by Crippen LogP contribution is -2.13. The topological polar surface area (TPSA) is 48.0 Å². The van der Waals surface area contributed by atoms with Gasteiger partial charge in [-0.05, 0) is 28.8 Å². The van der Waals surface area contributed by atoms with Crippen LogP contribution in [0, 0.1) is 0 Å². The number of hydrogen-bond acceptors (Lipinski definition) is 1. The van der Waals surface area contributed by atoms with Crippen LogP contribution >= 0.6 is 0 Å². The van der Waals surface area contributed by atoms with Crippen LogP contribution in [0.5, 0.6) is 0 Å². The molecule has 0 bridgehead atoms. The Morgan fingerprint density at radius 3 is 2.55 bits per heavy atom. The summed E-state index contributed by atoms with van der Waals surface area (Å²) in [6.07, 6.45) is 2.25. The van der Waals surface area contributed by atoms with Gasteiger partial charge < -0.3 is 10.3 Å². The maximum Gasteiger partial charge on any atom is 0.221 e. The average molecular weight is 264 g/mol. The predicted octanol–water partition coefficient (Wildman–Crippen LogP) is 2.87. The number of primary amides is 1. The van der Waals surface area contributed by atoms with Crippen molar-refractivity contribution in [1.82, 2.24) is 4.57 Å². The highest BCUT2D eigenvalue weighted by Crippen LogP contribution is 2.27. The Morgan fingerprint density at radius 2 is 1.85 bits per heavy atom. The third kappa shape index (κ3) is 2.18. The minimum Gasteiger partial charge on any atom is -0.369 e. The second-order valence-electron chi connectivity index (χ2n) is 5.01. The fourth-order valence-corrected chi connectivity index (χ4v) is 2.61. The highest BCUT2D eigenvalue weighted by atomic mass is 16.1. The predicted molar refractivity (Wildman–Crippen MR) is 81.3 cm³/mol. The first-order valence-corrected chi connectivity index (χ1v) is 6.57. The number of fused-ring (bicyclic) bond motifs is 1. The third-order valence-electron chi connectivity index (χ3n) is 3.54. The maximum atomic E-state index is 11.2. The molecule has 3 heteroatoms. The van der Waals surface area contributed by atoms with E-state index in [-0.39, 0.29) is 12.3 Å². The van der Waals surface area contributed by atoms with Crippen LogP contribution in [0.1, 0.15) is 5.56 Å². The molecule has 0 aliphatic carbocycles. The Bertz CT molecular complexity index is 772. The molecule has 0 atom stereocenters. The summed E-state index contributed by atoms with van der Waals surface area (Å²) in [6.45, 7) is 0. The van der Waals surface area contributed by atoms with Gasteiger partial charge in [0.25, 0.3) is 0 Å². The van der Waals surface area contributed by atoms with Crippen LogP contribution in [-0.4, -0.2) is 10.5 Å². The van der Waals surface area contributed by atoms with Gasteiger partial charge in [0.15, 0.2) is 0 Å². The number of carbonyl (C=O) groups excluding carboxylic acids is 1. The van der Waals surface area contributed by atoms with Gasteiger partial charge in [0.2, 0.25) is 5.91 Å². The van der Waals surface area contributed by atoms with Gasteiger partial charge in [0.05, 0.1) is 6.42 Å². The number of nitrogens with two attached hydrogens (primary N) is 1. The van der Waals surface area contributed by atoms with Crippen LogP contribution in [-0.2, 0) is 18.3 Å². The van der Waals surface area contributed by atoms with Crippen LogP contribution in [0.2, 0.25) is 0 Å². The van der Waals surface area contributed by atoms with E-state index < -0.39 is 0 Å². The van der Waals surface area contributed by atoms with E-state index in [1.165, 1.54) is 5.56 Å². The van der Waals surface area contributed by atoms with E-state index >= 15 is 0 Å². The SMILES string of the molecule is Cn1cc(CC(N)=O)c2cc(-c3ccccc3)ccc21. The fraction of sp³-hybridized carbons (Fsp3) is 0.118. The average Bonchev–Trinajstić information content (AvgIpc) is 2.75. The number of hydrogen-bond donors (Lipinski definition) is 1. The standard InChI is InChI=1S/C17H16N2O/c1-19-11-14(10-17(18)20)15-9-13(7-8-16(15)19)12-5-3-2-4-6-12/h2-9,11H,10H2,1H3,(H2,18,20). The van der Waals surface area contributed by atoms with Crippen LogP contribution < -0.4 is 5.73 Å². The molecule has 3 nitrogen and oxygen atoms in total. The summed E-state index contributed by atoms with van der Waals surface area (Å²) < 4.78 is 2.03. The number of aromatic nitrogens is 1. The second-order valence-corrected chi connectivity index (χ2v) is 5.01. The van der Waals surface area contributed by atoms with E-state index in [0.717, 1.165) is 22.0 Å². The van der Waals surface area contributed by atoms with Crippen molar-refractivity contribution < 1.29 is 4.79 Å². The van der Waals surface area contributed by atoms with Crippen molar-refractivity contribution in [3.63, 3.8) is 0 Å². The molecule has 2 aromatic carbocycles. The molecular weight excluding hydrogens is 248 g/mol. The number of carbonyl (C=O) groups is 1. The highest BCUT2D eigenvalue weighted by molar-refractivity contribution is 5.91. The molecule has 0 aliphatic heterocycles. The van der Waals surface area contributed by atoms with E-state index in [1.54, 1.807) is 0 Å². The van der Waals surface area contributed by atoms with Crippen LogP contribution in [0.4, 0.5) is 0 Å². The zero-order chi connectivity index (χ0) is 14.1. The summed E-state index contributed by atoms with van der Waals surface area (Å²) in [7, 11) is 1.98. The monoisotopic (exact) mass is 264 g/mol. The van der Waals surface area contributed by atoms with E-state index in [2.05, 4.69) is 30.3 Å². The Kier molecular flexibility index (Phi) is 3.03. The highest BCUT2D eigenvalue weighted by Gasteiger charge is 2.10. The molecule has 3 rings (SSSR count). The summed E-state index contributed by atoms with van der Waals surface area (Å²) >= 11 is 0. The summed E-state index contributed by atoms with van der Waals surface area (Å²) in [5.74, 6) is -0.303. The van der Waals surface area contributed by atoms with Gasteiger partial charge in [0.1, 0.15) is 0 Å². The van der Waals surface area contributed by atoms with Gasteiger partial charge >= 0.3 is 0 Å². The zero-order valence-corrected chi connectivity index (χ0v) is 11.3. The lowest BCUT2D eigenvalue weighted by atomic mass is 10.0. The molecule has 2 N–H and O–H groups in total. The lowest BCUT2D eigenvalue weighted by Gasteiger charge is -2.03. The van der Waals surface area contributed by atoms with Crippen LogP contribution in [0.15, 0.2) is 54.7 Å². The van der Waals surface area contributed by atoms with Gasteiger partial charge in [0, 0.05) is 24.1 Å². The van der Waals surface area contributed by atoms with Crippen LogP contribution in [0.3, 0.4) is 0 Å². The van der Waals surface area contributed by atoms with Crippen molar-refractivity contribution in [2.75, 3.05) is 0 Å². The second kappa shape index (κ2) is 4.85. The van der Waals surface area contributed by atoms with Gasteiger partial charge in [-0.25, -0.2) is 0 Å². The molecule has 3 aromatic rings. The van der Waals surface area contributed by atoms with Crippen molar-refractivity contribution in [3.05, 3.63) is 60.3 Å². The van der Waals surface area contributed by atoms with Gasteiger partial charge in [-0.1, -0.05) is 36.4 Å². The molecule has 20 heavy (non-hydrogen) atoms. The van der Waals surface area contributed by atoms with Gasteiger partial charge in [-0.15, -0.1) is 0 Å². The summed E-state index contributed by atoms with van der Waals surface area (Å²) in [6, 6.07) is 16.5. The number of aryl methyl sites for hydroxylation is 1. The van der Waals surface area contributed by atoms with E-state index in [4.69, 9.17) is 5.73 Å². The van der Waals surface area contributed by atoms with E-state index in [9.17, 15) is 4.79 Å². The van der Waals surface area contributed by atoms with Crippen molar-refractivity contribution in [1.29, 1.82) is 0 Å².